The molecule has 0 bridgehead atoms. The van der Waals surface area contributed by atoms with Gasteiger partial charge >= 0.3 is 0 Å². The van der Waals surface area contributed by atoms with Gasteiger partial charge in [0.2, 0.25) is 10.0 Å². The van der Waals surface area contributed by atoms with E-state index in [9.17, 15) is 21.6 Å². The minimum Gasteiger partial charge on any atom is -0.361 e. The minimum atomic E-state index is -4.24. The molecule has 0 radical (unpaired) electrons. The van der Waals surface area contributed by atoms with Gasteiger partial charge in [-0.2, -0.15) is 4.31 Å². The lowest BCUT2D eigenvalue weighted by molar-refractivity contribution is 0.180. The number of sulfonamides is 1. The SMILES string of the molecule is Cc1noc(C)c1CN1CCN(S(=O)(=O)c2ccc(F)c(F)c2F)CC1. The number of piperazine rings is 1. The molecule has 0 amide bonds. The molecule has 1 saturated heterocycles. The molecular formula is C16H18F3N3O3S. The summed E-state index contributed by atoms with van der Waals surface area (Å²) in [4.78, 5) is 1.18. The van der Waals surface area contributed by atoms with Crippen LogP contribution >= 0.6 is 0 Å². The molecule has 0 spiro atoms. The van der Waals surface area contributed by atoms with Crippen LogP contribution < -0.4 is 0 Å². The van der Waals surface area contributed by atoms with E-state index >= 15 is 0 Å². The van der Waals surface area contributed by atoms with E-state index in [4.69, 9.17) is 4.52 Å². The predicted molar refractivity (Wildman–Crippen MR) is 86.3 cm³/mol. The van der Waals surface area contributed by atoms with Crippen LogP contribution in [0.15, 0.2) is 21.6 Å². The molecule has 0 atom stereocenters. The molecular weight excluding hydrogens is 371 g/mol. The molecule has 10 heteroatoms. The highest BCUT2D eigenvalue weighted by Gasteiger charge is 2.32. The van der Waals surface area contributed by atoms with Crippen molar-refractivity contribution in [3.63, 3.8) is 0 Å². The summed E-state index contributed by atoms with van der Waals surface area (Å²) < 4.78 is 71.6. The molecule has 0 aliphatic carbocycles. The van der Waals surface area contributed by atoms with Crippen molar-refractivity contribution in [1.82, 2.24) is 14.4 Å². The van der Waals surface area contributed by atoms with Gasteiger partial charge in [-0.3, -0.25) is 4.90 Å². The number of halogens is 3. The average molecular weight is 389 g/mol. The zero-order chi connectivity index (χ0) is 19.1. The van der Waals surface area contributed by atoms with Gasteiger partial charge in [-0.05, 0) is 26.0 Å². The molecule has 1 aromatic carbocycles. The van der Waals surface area contributed by atoms with E-state index in [1.54, 1.807) is 0 Å². The van der Waals surface area contributed by atoms with Gasteiger partial charge in [-0.25, -0.2) is 21.6 Å². The van der Waals surface area contributed by atoms with Crippen LogP contribution in [-0.4, -0.2) is 49.0 Å². The predicted octanol–water partition coefficient (Wildman–Crippen LogP) is 2.22. The van der Waals surface area contributed by atoms with E-state index < -0.39 is 32.4 Å². The molecule has 2 aromatic rings. The van der Waals surface area contributed by atoms with Crippen molar-refractivity contribution in [2.75, 3.05) is 26.2 Å². The van der Waals surface area contributed by atoms with Gasteiger partial charge in [0.05, 0.1) is 5.69 Å². The van der Waals surface area contributed by atoms with Gasteiger partial charge in [-0.1, -0.05) is 5.16 Å². The van der Waals surface area contributed by atoms with Crippen LogP contribution in [0.4, 0.5) is 13.2 Å². The molecule has 1 aliphatic heterocycles. The summed E-state index contributed by atoms with van der Waals surface area (Å²) in [5.41, 5.74) is 1.73. The topological polar surface area (TPSA) is 66.7 Å². The van der Waals surface area contributed by atoms with Crippen molar-refractivity contribution in [3.05, 3.63) is 46.6 Å². The summed E-state index contributed by atoms with van der Waals surface area (Å²) in [7, 11) is -4.24. The average Bonchev–Trinajstić information content (AvgIpc) is 2.92. The molecule has 1 fully saturated rings. The number of nitrogens with zero attached hydrogens (tertiary/aromatic N) is 3. The molecule has 0 saturated carbocycles. The summed E-state index contributed by atoms with van der Waals surface area (Å²) in [5, 5.41) is 3.88. The van der Waals surface area contributed by atoms with Crippen molar-refractivity contribution in [3.8, 4) is 0 Å². The Labute approximate surface area is 149 Å². The molecule has 26 heavy (non-hydrogen) atoms. The zero-order valence-electron chi connectivity index (χ0n) is 14.3. The molecule has 142 valence electrons. The summed E-state index contributed by atoms with van der Waals surface area (Å²) in [6.07, 6.45) is 0. The third kappa shape index (κ3) is 3.36. The maximum absolute atomic E-state index is 13.9. The van der Waals surface area contributed by atoms with E-state index in [0.29, 0.717) is 31.5 Å². The van der Waals surface area contributed by atoms with Crippen molar-refractivity contribution >= 4 is 10.0 Å². The number of hydrogen-bond donors (Lipinski definition) is 0. The van der Waals surface area contributed by atoms with Crippen LogP contribution in [0.3, 0.4) is 0 Å². The minimum absolute atomic E-state index is 0.115. The van der Waals surface area contributed by atoms with Crippen LogP contribution in [0, 0.1) is 31.3 Å². The first-order chi connectivity index (χ1) is 12.2. The molecule has 3 rings (SSSR count). The maximum atomic E-state index is 13.9. The number of hydrogen-bond acceptors (Lipinski definition) is 5. The number of rotatable bonds is 4. The highest BCUT2D eigenvalue weighted by molar-refractivity contribution is 7.89. The summed E-state index contributed by atoms with van der Waals surface area (Å²) in [5.74, 6) is -4.20. The van der Waals surface area contributed by atoms with E-state index in [-0.39, 0.29) is 13.1 Å². The van der Waals surface area contributed by atoms with Crippen LogP contribution in [-0.2, 0) is 16.6 Å². The maximum Gasteiger partial charge on any atom is 0.246 e. The van der Waals surface area contributed by atoms with E-state index in [0.717, 1.165) is 21.6 Å². The number of aryl methyl sites for hydroxylation is 2. The second kappa shape index (κ2) is 7.01. The van der Waals surface area contributed by atoms with Gasteiger partial charge < -0.3 is 4.52 Å². The molecule has 6 nitrogen and oxygen atoms in total. The fourth-order valence-corrected chi connectivity index (χ4v) is 4.40. The third-order valence-electron chi connectivity index (χ3n) is 4.51. The van der Waals surface area contributed by atoms with Crippen LogP contribution in [0.25, 0.3) is 0 Å². The first kappa shape index (κ1) is 18.9. The first-order valence-electron chi connectivity index (χ1n) is 7.99. The second-order valence-electron chi connectivity index (χ2n) is 6.16. The van der Waals surface area contributed by atoms with Crippen LogP contribution in [0.2, 0.25) is 0 Å². The lowest BCUT2D eigenvalue weighted by atomic mass is 10.2. The molecule has 0 unspecified atom stereocenters. The zero-order valence-corrected chi connectivity index (χ0v) is 15.1. The Morgan fingerprint density at radius 2 is 1.73 bits per heavy atom. The smallest absolute Gasteiger partial charge is 0.246 e. The molecule has 2 heterocycles. The Morgan fingerprint density at radius 3 is 2.31 bits per heavy atom. The lowest BCUT2D eigenvalue weighted by Gasteiger charge is -2.33. The Balaban J connectivity index is 1.72. The lowest BCUT2D eigenvalue weighted by Crippen LogP contribution is -2.48. The van der Waals surface area contributed by atoms with Crippen LogP contribution in [0.1, 0.15) is 17.0 Å². The van der Waals surface area contributed by atoms with Gasteiger partial charge in [0.1, 0.15) is 10.7 Å². The normalized spacial score (nSPS) is 17.0. The number of aromatic nitrogens is 1. The Morgan fingerprint density at radius 1 is 1.08 bits per heavy atom. The Hall–Kier alpha value is -1.91. The van der Waals surface area contributed by atoms with E-state index in [1.807, 2.05) is 18.7 Å². The summed E-state index contributed by atoms with van der Waals surface area (Å²) in [6.45, 7) is 5.26. The summed E-state index contributed by atoms with van der Waals surface area (Å²) >= 11 is 0. The third-order valence-corrected chi connectivity index (χ3v) is 6.43. The van der Waals surface area contributed by atoms with E-state index in [1.165, 1.54) is 0 Å². The largest absolute Gasteiger partial charge is 0.361 e. The van der Waals surface area contributed by atoms with Crippen molar-refractivity contribution < 1.29 is 26.1 Å². The highest BCUT2D eigenvalue weighted by Crippen LogP contribution is 2.24. The molecule has 1 aromatic heterocycles. The molecule has 1 aliphatic rings. The van der Waals surface area contributed by atoms with Gasteiger partial charge in [0.15, 0.2) is 17.5 Å². The van der Waals surface area contributed by atoms with Gasteiger partial charge in [-0.15, -0.1) is 0 Å². The quantitative estimate of drug-likeness (QED) is 0.751. The van der Waals surface area contributed by atoms with Crippen molar-refractivity contribution in [2.45, 2.75) is 25.3 Å². The van der Waals surface area contributed by atoms with Gasteiger partial charge in [0, 0.05) is 38.3 Å². The van der Waals surface area contributed by atoms with Gasteiger partial charge in [0.25, 0.3) is 0 Å². The fourth-order valence-electron chi connectivity index (χ4n) is 2.93. The highest BCUT2D eigenvalue weighted by atomic mass is 32.2. The van der Waals surface area contributed by atoms with Crippen molar-refractivity contribution in [2.24, 2.45) is 0 Å². The Bertz CT molecular complexity index is 903. The molecule has 0 N–H and O–H groups in total. The monoisotopic (exact) mass is 389 g/mol. The second-order valence-corrected chi connectivity index (χ2v) is 8.06. The summed E-state index contributed by atoms with van der Waals surface area (Å²) in [6, 6.07) is 1.36. The first-order valence-corrected chi connectivity index (χ1v) is 9.43. The fraction of sp³-hybridized carbons (Fsp3) is 0.438. The van der Waals surface area contributed by atoms with Crippen molar-refractivity contribution in [1.29, 1.82) is 0 Å². The van der Waals surface area contributed by atoms with Crippen LogP contribution in [0.5, 0.6) is 0 Å². The van der Waals surface area contributed by atoms with E-state index in [2.05, 4.69) is 5.16 Å². The standard InChI is InChI=1S/C16H18F3N3O3S/c1-10-12(11(2)25-20-10)9-21-5-7-22(8-6-21)26(23,24)14-4-3-13(17)15(18)16(14)19/h3-4H,5-9H2,1-2H3. The Kier molecular flexibility index (Phi) is 5.09. The number of benzene rings is 1.